The van der Waals surface area contributed by atoms with Gasteiger partial charge in [-0.3, -0.25) is 4.79 Å². The van der Waals surface area contributed by atoms with Crippen LogP contribution in [0, 0.1) is 6.92 Å². The molecule has 0 aromatic heterocycles. The second-order valence-electron chi connectivity index (χ2n) is 5.35. The largest absolute Gasteiger partial charge is 0.506 e. The van der Waals surface area contributed by atoms with Crippen molar-refractivity contribution in [2.45, 2.75) is 19.4 Å². The molecule has 1 unspecified atom stereocenters. The first kappa shape index (κ1) is 15.4. The predicted molar refractivity (Wildman–Crippen MR) is 89.0 cm³/mol. The first-order chi connectivity index (χ1) is 11.0. The number of rotatable bonds is 3. The minimum absolute atomic E-state index is 0.0146. The van der Waals surface area contributed by atoms with Crippen LogP contribution in [0.15, 0.2) is 47.6 Å². The van der Waals surface area contributed by atoms with E-state index >= 15 is 0 Å². The number of anilines is 1. The summed E-state index contributed by atoms with van der Waals surface area (Å²) >= 11 is 5.86. The molecule has 1 aliphatic heterocycles. The number of phenols is 1. The SMILES string of the molecule is Cc1ccc(O)c(NC(=O)C2CC(c3ccc(Cl)cc3)=NO2)c1. The third kappa shape index (κ3) is 3.46. The summed E-state index contributed by atoms with van der Waals surface area (Å²) in [7, 11) is 0. The van der Waals surface area contributed by atoms with Gasteiger partial charge in [-0.2, -0.15) is 0 Å². The fourth-order valence-electron chi connectivity index (χ4n) is 2.29. The van der Waals surface area contributed by atoms with E-state index in [0.717, 1.165) is 11.1 Å². The van der Waals surface area contributed by atoms with Crippen LogP contribution < -0.4 is 5.32 Å². The third-order valence-electron chi connectivity index (χ3n) is 3.55. The summed E-state index contributed by atoms with van der Waals surface area (Å²) in [4.78, 5) is 17.5. The standard InChI is InChI=1S/C17H15ClN2O3/c1-10-2-7-15(21)14(8-10)19-17(22)16-9-13(20-23-16)11-3-5-12(18)6-4-11/h2-8,16,21H,9H2,1H3,(H,19,22). The maximum Gasteiger partial charge on any atom is 0.268 e. The number of hydrogen-bond donors (Lipinski definition) is 2. The Morgan fingerprint density at radius 3 is 2.78 bits per heavy atom. The Bertz CT molecular complexity index is 772. The van der Waals surface area contributed by atoms with Crippen molar-refractivity contribution in [1.82, 2.24) is 0 Å². The van der Waals surface area contributed by atoms with Gasteiger partial charge in [0.1, 0.15) is 5.75 Å². The molecule has 2 aromatic carbocycles. The predicted octanol–water partition coefficient (Wildman–Crippen LogP) is 3.49. The van der Waals surface area contributed by atoms with Crippen molar-refractivity contribution in [3.05, 3.63) is 58.6 Å². The van der Waals surface area contributed by atoms with E-state index in [4.69, 9.17) is 16.4 Å². The number of aryl methyl sites for hydroxylation is 1. The number of nitrogens with one attached hydrogen (secondary N) is 1. The average molecular weight is 331 g/mol. The number of halogens is 1. The van der Waals surface area contributed by atoms with Crippen LogP contribution in [-0.2, 0) is 9.63 Å². The van der Waals surface area contributed by atoms with Gasteiger partial charge in [-0.05, 0) is 42.3 Å². The van der Waals surface area contributed by atoms with Crippen LogP contribution in [0.5, 0.6) is 5.75 Å². The van der Waals surface area contributed by atoms with Gasteiger partial charge in [0.05, 0.1) is 11.4 Å². The Balaban J connectivity index is 1.66. The molecule has 23 heavy (non-hydrogen) atoms. The number of benzene rings is 2. The van der Waals surface area contributed by atoms with Crippen molar-refractivity contribution in [2.24, 2.45) is 5.16 Å². The summed E-state index contributed by atoms with van der Waals surface area (Å²) in [5.74, 6) is -0.334. The number of phenolic OH excluding ortho intramolecular Hbond substituents is 1. The third-order valence-corrected chi connectivity index (χ3v) is 3.80. The van der Waals surface area contributed by atoms with E-state index in [-0.39, 0.29) is 11.7 Å². The summed E-state index contributed by atoms with van der Waals surface area (Å²) in [6.45, 7) is 1.88. The van der Waals surface area contributed by atoms with Crippen molar-refractivity contribution in [3.8, 4) is 5.75 Å². The molecule has 1 atom stereocenters. The lowest BCUT2D eigenvalue weighted by Crippen LogP contribution is -2.28. The van der Waals surface area contributed by atoms with E-state index in [0.29, 0.717) is 22.8 Å². The van der Waals surface area contributed by atoms with Gasteiger partial charge < -0.3 is 15.3 Å². The van der Waals surface area contributed by atoms with Gasteiger partial charge >= 0.3 is 0 Å². The van der Waals surface area contributed by atoms with Gasteiger partial charge in [0, 0.05) is 11.4 Å². The lowest BCUT2D eigenvalue weighted by Gasteiger charge is -2.11. The monoisotopic (exact) mass is 330 g/mol. The van der Waals surface area contributed by atoms with Gasteiger partial charge in [0.25, 0.3) is 5.91 Å². The molecule has 2 aromatic rings. The number of carbonyl (C=O) groups is 1. The molecular formula is C17H15ClN2O3. The zero-order valence-corrected chi connectivity index (χ0v) is 13.2. The fraction of sp³-hybridized carbons (Fsp3) is 0.176. The molecule has 0 radical (unpaired) electrons. The topological polar surface area (TPSA) is 70.9 Å². The van der Waals surface area contributed by atoms with Crippen molar-refractivity contribution >= 4 is 28.9 Å². The van der Waals surface area contributed by atoms with Gasteiger partial charge in [0.15, 0.2) is 0 Å². The molecule has 1 aliphatic rings. The zero-order valence-electron chi connectivity index (χ0n) is 12.4. The van der Waals surface area contributed by atoms with Crippen LogP contribution in [0.25, 0.3) is 0 Å². The molecule has 2 N–H and O–H groups in total. The number of amides is 1. The lowest BCUT2D eigenvalue weighted by atomic mass is 10.0. The Hall–Kier alpha value is -2.53. The molecule has 1 heterocycles. The molecular weight excluding hydrogens is 316 g/mol. The highest BCUT2D eigenvalue weighted by Crippen LogP contribution is 2.25. The number of aromatic hydroxyl groups is 1. The van der Waals surface area contributed by atoms with Crippen LogP contribution in [0.3, 0.4) is 0 Å². The maximum atomic E-state index is 12.3. The molecule has 1 amide bonds. The first-order valence-electron chi connectivity index (χ1n) is 7.12. The number of hydrogen-bond acceptors (Lipinski definition) is 4. The minimum atomic E-state index is -0.722. The zero-order chi connectivity index (χ0) is 16.4. The molecule has 6 heteroatoms. The lowest BCUT2D eigenvalue weighted by molar-refractivity contribution is -0.125. The number of nitrogens with zero attached hydrogens (tertiary/aromatic N) is 1. The molecule has 0 bridgehead atoms. The van der Waals surface area contributed by atoms with Gasteiger partial charge in [0.2, 0.25) is 6.10 Å². The van der Waals surface area contributed by atoms with Crippen LogP contribution in [0.2, 0.25) is 5.02 Å². The molecule has 0 saturated heterocycles. The molecule has 118 valence electrons. The smallest absolute Gasteiger partial charge is 0.268 e. The highest BCUT2D eigenvalue weighted by Gasteiger charge is 2.29. The summed E-state index contributed by atoms with van der Waals surface area (Å²) in [5.41, 5.74) is 2.85. The van der Waals surface area contributed by atoms with Crippen molar-refractivity contribution in [1.29, 1.82) is 0 Å². The minimum Gasteiger partial charge on any atom is -0.506 e. The molecule has 0 saturated carbocycles. The van der Waals surface area contributed by atoms with Gasteiger partial charge in [-0.1, -0.05) is 35.0 Å². The van der Waals surface area contributed by atoms with Crippen LogP contribution in [0.1, 0.15) is 17.5 Å². The van der Waals surface area contributed by atoms with E-state index in [1.54, 1.807) is 24.3 Å². The fourth-order valence-corrected chi connectivity index (χ4v) is 2.42. The normalized spacial score (nSPS) is 16.6. The van der Waals surface area contributed by atoms with Crippen LogP contribution >= 0.6 is 11.6 Å². The summed E-state index contributed by atoms with van der Waals surface area (Å²) < 4.78 is 0. The molecule has 3 rings (SSSR count). The quantitative estimate of drug-likeness (QED) is 0.846. The second kappa shape index (κ2) is 6.30. The van der Waals surface area contributed by atoms with E-state index in [1.807, 2.05) is 19.1 Å². The first-order valence-corrected chi connectivity index (χ1v) is 7.50. The molecule has 0 fully saturated rings. The maximum absolute atomic E-state index is 12.3. The Morgan fingerprint density at radius 1 is 1.30 bits per heavy atom. The number of oxime groups is 1. The van der Waals surface area contributed by atoms with E-state index < -0.39 is 6.10 Å². The van der Waals surface area contributed by atoms with Gasteiger partial charge in [-0.15, -0.1) is 0 Å². The van der Waals surface area contributed by atoms with Crippen molar-refractivity contribution < 1.29 is 14.7 Å². The molecule has 0 aliphatic carbocycles. The van der Waals surface area contributed by atoms with E-state index in [2.05, 4.69) is 10.5 Å². The Kier molecular flexibility index (Phi) is 4.21. The Labute approximate surface area is 138 Å². The average Bonchev–Trinajstić information content (AvgIpc) is 3.02. The molecule has 0 spiro atoms. The van der Waals surface area contributed by atoms with E-state index in [9.17, 15) is 9.90 Å². The number of carbonyl (C=O) groups excluding carboxylic acids is 1. The highest BCUT2D eigenvalue weighted by atomic mass is 35.5. The second-order valence-corrected chi connectivity index (χ2v) is 5.79. The van der Waals surface area contributed by atoms with Crippen molar-refractivity contribution in [2.75, 3.05) is 5.32 Å². The highest BCUT2D eigenvalue weighted by molar-refractivity contribution is 6.30. The summed E-state index contributed by atoms with van der Waals surface area (Å²) in [6.07, 6.45) is -0.361. The summed E-state index contributed by atoms with van der Waals surface area (Å²) in [5, 5.41) is 17.1. The summed E-state index contributed by atoms with van der Waals surface area (Å²) in [6, 6.07) is 12.2. The van der Waals surface area contributed by atoms with Gasteiger partial charge in [-0.25, -0.2) is 0 Å². The molecule has 5 nitrogen and oxygen atoms in total. The van der Waals surface area contributed by atoms with E-state index in [1.165, 1.54) is 6.07 Å². The van der Waals surface area contributed by atoms with Crippen molar-refractivity contribution in [3.63, 3.8) is 0 Å². The Morgan fingerprint density at radius 2 is 2.04 bits per heavy atom. The van der Waals surface area contributed by atoms with Crippen LogP contribution in [0.4, 0.5) is 5.69 Å². The van der Waals surface area contributed by atoms with Crippen LogP contribution in [-0.4, -0.2) is 22.8 Å².